The first-order chi connectivity index (χ1) is 17.4. The number of imidazole rings is 1. The van der Waals surface area contributed by atoms with Crippen molar-refractivity contribution in [3.05, 3.63) is 59.6 Å². The van der Waals surface area contributed by atoms with E-state index in [0.717, 1.165) is 60.1 Å². The van der Waals surface area contributed by atoms with Crippen LogP contribution in [0.15, 0.2) is 42.6 Å². The van der Waals surface area contributed by atoms with E-state index in [-0.39, 0.29) is 5.91 Å². The number of hydrogen-bond donors (Lipinski definition) is 3. The van der Waals surface area contributed by atoms with Gasteiger partial charge in [-0.05, 0) is 73.9 Å². The number of aliphatic carboxylic acids is 1. The third-order valence-corrected chi connectivity index (χ3v) is 7.63. The predicted octanol–water partition coefficient (Wildman–Crippen LogP) is 4.87. The fourth-order valence-electron chi connectivity index (χ4n) is 5.40. The molecule has 0 unspecified atom stereocenters. The van der Waals surface area contributed by atoms with Crippen LogP contribution >= 0.6 is 0 Å². The Morgan fingerprint density at radius 2 is 1.94 bits per heavy atom. The number of pyridine rings is 1. The van der Waals surface area contributed by atoms with Gasteiger partial charge in [-0.25, -0.2) is 14.8 Å². The van der Waals surface area contributed by atoms with Crippen LogP contribution in [-0.4, -0.2) is 38.1 Å². The molecule has 36 heavy (non-hydrogen) atoms. The third kappa shape index (κ3) is 4.98. The molecular formula is C28H33N5O3. The maximum absolute atomic E-state index is 13.2. The average Bonchev–Trinajstić information content (AvgIpc) is 3.20. The number of carbonyl (C=O) groups is 2. The lowest BCUT2D eigenvalue weighted by atomic mass is 9.75. The molecule has 2 aliphatic rings. The molecule has 8 nitrogen and oxygen atoms in total. The molecule has 0 bridgehead atoms. The topological polar surface area (TPSA) is 109 Å². The van der Waals surface area contributed by atoms with Crippen LogP contribution in [0, 0.1) is 5.92 Å². The van der Waals surface area contributed by atoms with Gasteiger partial charge in [-0.2, -0.15) is 0 Å². The van der Waals surface area contributed by atoms with Crippen molar-refractivity contribution in [3.8, 4) is 0 Å². The van der Waals surface area contributed by atoms with E-state index >= 15 is 0 Å². The highest BCUT2D eigenvalue weighted by atomic mass is 16.4. The molecule has 3 aromatic rings. The molecule has 0 atom stereocenters. The summed E-state index contributed by atoms with van der Waals surface area (Å²) >= 11 is 0. The van der Waals surface area contributed by atoms with Gasteiger partial charge >= 0.3 is 5.97 Å². The molecular weight excluding hydrogens is 454 g/mol. The summed E-state index contributed by atoms with van der Waals surface area (Å²) < 4.78 is 2.00. The Kier molecular flexibility index (Phi) is 6.76. The molecule has 0 aliphatic heterocycles. The Balaban J connectivity index is 1.30. The molecule has 3 N–H and O–H groups in total. The lowest BCUT2D eigenvalue weighted by Crippen LogP contribution is -2.52. The van der Waals surface area contributed by atoms with E-state index in [2.05, 4.69) is 15.6 Å². The minimum absolute atomic E-state index is 0.154. The second-order valence-corrected chi connectivity index (χ2v) is 10.1. The number of nitrogens with zero attached hydrogens (tertiary/aromatic N) is 3. The molecule has 1 amide bonds. The molecule has 5 rings (SSSR count). The van der Waals surface area contributed by atoms with Crippen molar-refractivity contribution in [2.45, 2.75) is 56.9 Å². The Hall–Kier alpha value is -3.68. The summed E-state index contributed by atoms with van der Waals surface area (Å²) in [5, 5.41) is 15.6. The zero-order valence-electron chi connectivity index (χ0n) is 20.7. The Labute approximate surface area is 210 Å². The first-order valence-corrected chi connectivity index (χ1v) is 12.8. The molecule has 2 fully saturated rings. The van der Waals surface area contributed by atoms with Gasteiger partial charge in [0.25, 0.3) is 5.91 Å². The molecule has 2 saturated carbocycles. The van der Waals surface area contributed by atoms with Gasteiger partial charge in [-0.15, -0.1) is 0 Å². The molecule has 0 radical (unpaired) electrons. The van der Waals surface area contributed by atoms with Crippen LogP contribution in [0.2, 0.25) is 0 Å². The van der Waals surface area contributed by atoms with Crippen molar-refractivity contribution >= 4 is 34.8 Å². The summed E-state index contributed by atoms with van der Waals surface area (Å²) in [6.45, 7) is 0.933. The number of nitrogens with one attached hydrogen (secondary N) is 2. The van der Waals surface area contributed by atoms with E-state index in [4.69, 9.17) is 10.1 Å². The lowest BCUT2D eigenvalue weighted by Gasteiger charge is -2.41. The molecule has 2 aromatic heterocycles. The summed E-state index contributed by atoms with van der Waals surface area (Å²) in [6, 6.07) is 9.36. The second-order valence-electron chi connectivity index (χ2n) is 10.1. The van der Waals surface area contributed by atoms with Crippen LogP contribution in [0.4, 0.5) is 5.82 Å². The highest BCUT2D eigenvalue weighted by molar-refractivity contribution is 5.95. The van der Waals surface area contributed by atoms with Crippen molar-refractivity contribution in [1.29, 1.82) is 0 Å². The number of hydrogen-bond acceptors (Lipinski definition) is 5. The van der Waals surface area contributed by atoms with Gasteiger partial charge < -0.3 is 20.3 Å². The minimum Gasteiger partial charge on any atom is -0.478 e. The SMILES string of the molecule is Cn1c(C2(NC(=O)c3ccc(NCC4CCCCC4)nc3)CCC2)nc2ccc(/C=C/C(=O)O)cc21. The molecule has 1 aromatic carbocycles. The minimum atomic E-state index is -0.987. The van der Waals surface area contributed by atoms with Gasteiger partial charge in [0, 0.05) is 25.9 Å². The van der Waals surface area contributed by atoms with Crippen molar-refractivity contribution in [2.24, 2.45) is 13.0 Å². The van der Waals surface area contributed by atoms with E-state index in [1.54, 1.807) is 12.3 Å². The normalized spacial score (nSPS) is 17.7. The Bertz CT molecular complexity index is 1280. The quantitative estimate of drug-likeness (QED) is 0.391. The summed E-state index contributed by atoms with van der Waals surface area (Å²) in [7, 11) is 1.94. The number of aromatic nitrogens is 3. The standard InChI is InChI=1S/C28H33N5O3/c1-33-23-16-19(9-13-25(34)35)8-11-22(23)31-27(33)28(14-5-15-28)32-26(36)21-10-12-24(30-18-21)29-17-20-6-3-2-4-7-20/h8-13,16,18,20H,2-7,14-15,17H2,1H3,(H,29,30)(H,32,36)(H,34,35)/b13-9+. The van der Waals surface area contributed by atoms with E-state index in [9.17, 15) is 9.59 Å². The van der Waals surface area contributed by atoms with E-state index in [1.165, 1.54) is 32.1 Å². The van der Waals surface area contributed by atoms with Crippen LogP contribution in [0.5, 0.6) is 0 Å². The summed E-state index contributed by atoms with van der Waals surface area (Å²) in [6.07, 6.45) is 13.5. The average molecular weight is 488 g/mol. The highest BCUT2D eigenvalue weighted by Gasteiger charge is 2.44. The third-order valence-electron chi connectivity index (χ3n) is 7.63. The summed E-state index contributed by atoms with van der Waals surface area (Å²) in [4.78, 5) is 33.4. The first-order valence-electron chi connectivity index (χ1n) is 12.8. The van der Waals surface area contributed by atoms with Crippen LogP contribution < -0.4 is 10.6 Å². The predicted molar refractivity (Wildman–Crippen MR) is 140 cm³/mol. The molecule has 2 aliphatic carbocycles. The number of carboxylic acids is 1. The smallest absolute Gasteiger partial charge is 0.328 e. The van der Waals surface area contributed by atoms with Crippen molar-refractivity contribution in [3.63, 3.8) is 0 Å². The molecule has 188 valence electrons. The number of carbonyl (C=O) groups excluding carboxylic acids is 1. The fourth-order valence-corrected chi connectivity index (χ4v) is 5.40. The molecule has 0 saturated heterocycles. The molecule has 8 heteroatoms. The van der Waals surface area contributed by atoms with Crippen molar-refractivity contribution in [2.75, 3.05) is 11.9 Å². The number of carboxylic acid groups (broad SMARTS) is 1. The largest absolute Gasteiger partial charge is 0.478 e. The van der Waals surface area contributed by atoms with Gasteiger partial charge in [0.1, 0.15) is 11.6 Å². The van der Waals surface area contributed by atoms with Gasteiger partial charge in [0.2, 0.25) is 0 Å². The number of benzene rings is 1. The van der Waals surface area contributed by atoms with Crippen LogP contribution in [0.25, 0.3) is 17.1 Å². The Morgan fingerprint density at radius 3 is 2.61 bits per heavy atom. The molecule has 2 heterocycles. The number of rotatable bonds is 8. The first kappa shape index (κ1) is 24.0. The maximum atomic E-state index is 13.2. The summed E-state index contributed by atoms with van der Waals surface area (Å²) in [5.41, 5.74) is 2.50. The van der Waals surface area contributed by atoms with Gasteiger partial charge in [0.05, 0.1) is 22.1 Å². The van der Waals surface area contributed by atoms with Gasteiger partial charge in [0.15, 0.2) is 0 Å². The maximum Gasteiger partial charge on any atom is 0.328 e. The fraction of sp³-hybridized carbons (Fsp3) is 0.429. The van der Waals surface area contributed by atoms with Gasteiger partial charge in [-0.3, -0.25) is 4.79 Å². The number of amides is 1. The zero-order valence-corrected chi connectivity index (χ0v) is 20.7. The number of fused-ring (bicyclic) bond motifs is 1. The van der Waals surface area contributed by atoms with Crippen LogP contribution in [0.1, 0.15) is 73.1 Å². The van der Waals surface area contributed by atoms with Crippen molar-refractivity contribution < 1.29 is 14.7 Å². The zero-order chi connectivity index (χ0) is 25.1. The van der Waals surface area contributed by atoms with Gasteiger partial charge in [-0.1, -0.05) is 25.3 Å². The second kappa shape index (κ2) is 10.1. The van der Waals surface area contributed by atoms with Crippen LogP contribution in [0.3, 0.4) is 0 Å². The van der Waals surface area contributed by atoms with E-state index in [1.807, 2.05) is 41.9 Å². The monoisotopic (exact) mass is 487 g/mol. The highest BCUT2D eigenvalue weighted by Crippen LogP contribution is 2.42. The lowest BCUT2D eigenvalue weighted by molar-refractivity contribution is -0.131. The Morgan fingerprint density at radius 1 is 1.14 bits per heavy atom. The summed E-state index contributed by atoms with van der Waals surface area (Å²) in [5.74, 6) is 1.19. The number of anilines is 1. The van der Waals surface area contributed by atoms with Crippen LogP contribution in [-0.2, 0) is 17.4 Å². The van der Waals surface area contributed by atoms with E-state index in [0.29, 0.717) is 11.5 Å². The van der Waals surface area contributed by atoms with E-state index < -0.39 is 11.5 Å². The van der Waals surface area contributed by atoms with Crippen molar-refractivity contribution in [1.82, 2.24) is 19.9 Å². The molecule has 0 spiro atoms. The number of aryl methyl sites for hydroxylation is 1.